The van der Waals surface area contributed by atoms with Crippen molar-refractivity contribution in [1.82, 2.24) is 0 Å². The number of rotatable bonds is 4. The molecule has 0 amide bonds. The van der Waals surface area contributed by atoms with Crippen LogP contribution >= 0.6 is 0 Å². The SMILES string of the molecule is CC1=Cc2ccccc2[CH]1[Zr]([CH3])([CH3])(=[SiH2])([c]1ccccc1)([c]1ccccc1)[CH]1C(C)=Cc2ccccc21. The average Bonchev–Trinajstić information content (AvgIpc) is 3.42. The maximum atomic E-state index is 2.79. The third kappa shape index (κ3) is 2.53. The monoisotopic (exact) mass is 562 g/mol. The van der Waals surface area contributed by atoms with Gasteiger partial charge in [0.25, 0.3) is 0 Å². The molecule has 2 aliphatic rings. The Morgan fingerprint density at radius 3 is 1.22 bits per heavy atom. The molecule has 0 aromatic heterocycles. The van der Waals surface area contributed by atoms with Crippen LogP contribution in [0.2, 0.25) is 9.26 Å². The molecule has 2 atom stereocenters. The van der Waals surface area contributed by atoms with Crippen LogP contribution in [0.3, 0.4) is 0 Å². The van der Waals surface area contributed by atoms with Gasteiger partial charge in [0, 0.05) is 0 Å². The Kier molecular flexibility index (Phi) is 4.54. The molecule has 0 spiro atoms. The molecule has 0 saturated heterocycles. The summed E-state index contributed by atoms with van der Waals surface area (Å²) in [6.45, 7) is 7.21. The Hall–Kier alpha value is -2.54. The summed E-state index contributed by atoms with van der Waals surface area (Å²) >= 11 is -5.55. The third-order valence-electron chi connectivity index (χ3n) is 10.8. The van der Waals surface area contributed by atoms with Gasteiger partial charge in [0.1, 0.15) is 0 Å². The molecule has 0 N–H and O–H groups in total. The number of allylic oxidation sites excluding steroid dienone is 2. The molecule has 2 unspecified atom stereocenters. The number of benzene rings is 4. The molecular weight excluding hydrogens is 528 g/mol. The summed E-state index contributed by atoms with van der Waals surface area (Å²) in [4.78, 5) is 0. The Labute approximate surface area is 211 Å². The Balaban J connectivity index is 1.96. The van der Waals surface area contributed by atoms with Crippen molar-refractivity contribution in [2.75, 3.05) is 0 Å². The molecule has 2 aliphatic carbocycles. The molecule has 2 heteroatoms. The van der Waals surface area contributed by atoms with Crippen molar-refractivity contribution < 1.29 is 14.4 Å². The van der Waals surface area contributed by atoms with Crippen molar-refractivity contribution in [3.8, 4) is 0 Å². The van der Waals surface area contributed by atoms with E-state index < -0.39 is 14.4 Å². The first-order chi connectivity index (χ1) is 17.1. The minimum absolute atomic E-state index is 0.292. The van der Waals surface area contributed by atoms with E-state index in [1.165, 1.54) is 39.9 Å². The standard InChI is InChI=1S/2C10H9.2C6H5.2CH3.H2Si.Zr/c2*1-8-6-9-4-2-3-5-10(9)7-8;2*1-2-4-6-5-3-1;;;;/h2*2-7H,1H3;2*1-5H;2*1H3;1H2;. The fourth-order valence-electron chi connectivity index (χ4n) is 9.57. The summed E-state index contributed by atoms with van der Waals surface area (Å²) in [6.07, 6.45) is 4.94. The van der Waals surface area contributed by atoms with Crippen LogP contribution in [-0.4, -0.2) is 6.88 Å². The molecular formula is C34H36SiZr. The van der Waals surface area contributed by atoms with Crippen molar-refractivity contribution in [2.45, 2.75) is 30.4 Å². The van der Waals surface area contributed by atoms with E-state index in [0.717, 1.165) is 0 Å². The Morgan fingerprint density at radius 1 is 0.500 bits per heavy atom. The molecule has 36 heavy (non-hydrogen) atoms. The van der Waals surface area contributed by atoms with Crippen LogP contribution in [0.1, 0.15) is 43.4 Å². The number of hydrogen-bond donors (Lipinski definition) is 0. The van der Waals surface area contributed by atoms with Crippen LogP contribution in [-0.2, 0) is 14.4 Å². The average molecular weight is 564 g/mol. The van der Waals surface area contributed by atoms with Crippen LogP contribution in [0.25, 0.3) is 12.2 Å². The molecule has 6 rings (SSSR count). The van der Waals surface area contributed by atoms with Crippen LogP contribution in [0.15, 0.2) is 120 Å². The molecule has 180 valence electrons. The normalized spacial score (nSPS) is 21.7. The predicted molar refractivity (Wildman–Crippen MR) is 158 cm³/mol. The quantitative estimate of drug-likeness (QED) is 0.228. The molecule has 0 saturated carbocycles. The van der Waals surface area contributed by atoms with E-state index in [2.05, 4.69) is 151 Å². The van der Waals surface area contributed by atoms with Crippen LogP contribution in [0.5, 0.6) is 0 Å². The molecule has 0 heterocycles. The molecule has 4 aromatic rings. The number of hydrogen-bond acceptors (Lipinski definition) is 0. The summed E-state index contributed by atoms with van der Waals surface area (Å²) in [7, 11) is 0. The van der Waals surface area contributed by atoms with Gasteiger partial charge in [0.05, 0.1) is 0 Å². The van der Waals surface area contributed by atoms with E-state index in [0.29, 0.717) is 7.25 Å². The second-order valence-corrected chi connectivity index (χ2v) is 61.2. The van der Waals surface area contributed by atoms with Crippen molar-refractivity contribution in [3.05, 3.63) is 143 Å². The van der Waals surface area contributed by atoms with Gasteiger partial charge in [0.15, 0.2) is 0 Å². The third-order valence-corrected chi connectivity index (χ3v) is 50.4. The van der Waals surface area contributed by atoms with E-state index in [1.54, 1.807) is 0 Å². The second kappa shape index (κ2) is 6.85. The van der Waals surface area contributed by atoms with Gasteiger partial charge in [-0.25, -0.2) is 0 Å². The Morgan fingerprint density at radius 2 is 0.833 bits per heavy atom. The summed E-state index contributed by atoms with van der Waals surface area (Å²) in [5.41, 5.74) is 8.71. The van der Waals surface area contributed by atoms with Gasteiger partial charge in [-0.3, -0.25) is 0 Å². The minimum atomic E-state index is -5.55. The van der Waals surface area contributed by atoms with E-state index in [4.69, 9.17) is 0 Å². The summed E-state index contributed by atoms with van der Waals surface area (Å²) < 4.78 is 9.22. The van der Waals surface area contributed by atoms with Gasteiger partial charge in [-0.05, 0) is 0 Å². The zero-order valence-corrected chi connectivity index (χ0v) is 25.8. The zero-order valence-electron chi connectivity index (χ0n) is 21.9. The van der Waals surface area contributed by atoms with Crippen molar-refractivity contribution >= 4 is 25.6 Å². The van der Waals surface area contributed by atoms with Crippen molar-refractivity contribution in [1.29, 1.82) is 0 Å². The van der Waals surface area contributed by atoms with Gasteiger partial charge < -0.3 is 0 Å². The first-order valence-corrected chi connectivity index (χ1v) is 29.4. The topological polar surface area (TPSA) is 0 Å². The van der Waals surface area contributed by atoms with Crippen LogP contribution in [0.4, 0.5) is 0 Å². The maximum absolute atomic E-state index is 5.55. The van der Waals surface area contributed by atoms with Crippen LogP contribution in [0, 0.1) is 0 Å². The molecule has 0 nitrogen and oxygen atoms in total. The molecule has 4 aromatic carbocycles. The first kappa shape index (κ1) is 23.8. The van der Waals surface area contributed by atoms with Gasteiger partial charge >= 0.3 is 213 Å². The van der Waals surface area contributed by atoms with Gasteiger partial charge in [-0.2, -0.15) is 0 Å². The fraction of sp³-hybridized carbons (Fsp3) is 0.176. The van der Waals surface area contributed by atoms with Crippen molar-refractivity contribution in [3.63, 3.8) is 0 Å². The molecule has 0 radical (unpaired) electrons. The summed E-state index contributed by atoms with van der Waals surface area (Å²) in [6, 6.07) is 41.6. The van der Waals surface area contributed by atoms with E-state index in [-0.39, 0.29) is 0 Å². The van der Waals surface area contributed by atoms with Gasteiger partial charge in [-0.1, -0.05) is 0 Å². The predicted octanol–water partition coefficient (Wildman–Crippen LogP) is 7.36. The molecule has 0 bridgehead atoms. The van der Waals surface area contributed by atoms with E-state index >= 15 is 0 Å². The summed E-state index contributed by atoms with van der Waals surface area (Å²) in [5, 5.41) is 0. The molecule has 0 fully saturated rings. The first-order valence-electron chi connectivity index (χ1n) is 13.2. The zero-order chi connectivity index (χ0) is 25.3. The Bertz CT molecular complexity index is 1600. The van der Waals surface area contributed by atoms with Gasteiger partial charge in [0.2, 0.25) is 0 Å². The van der Waals surface area contributed by atoms with Gasteiger partial charge in [-0.15, -0.1) is 0 Å². The second-order valence-electron chi connectivity index (χ2n) is 13.6. The van der Waals surface area contributed by atoms with E-state index in [1.807, 2.05) is 0 Å². The fourth-order valence-corrected chi connectivity index (χ4v) is 49.6. The summed E-state index contributed by atoms with van der Waals surface area (Å²) in [5.74, 6) is 0. The van der Waals surface area contributed by atoms with Crippen molar-refractivity contribution in [2.24, 2.45) is 0 Å². The number of fused-ring (bicyclic) bond motifs is 2. The van der Waals surface area contributed by atoms with Crippen LogP contribution < -0.4 is 6.54 Å². The van der Waals surface area contributed by atoms with E-state index in [9.17, 15) is 0 Å². The molecule has 0 aliphatic heterocycles.